The van der Waals surface area contributed by atoms with Gasteiger partial charge in [-0.1, -0.05) is 30.0 Å². The van der Waals surface area contributed by atoms with Gasteiger partial charge in [0, 0.05) is 10.9 Å². The zero-order chi connectivity index (χ0) is 22.9. The number of carbonyl (C=O) groups is 2. The number of nitrogens with two attached hydrogens (primary N) is 1. The van der Waals surface area contributed by atoms with Gasteiger partial charge in [0.05, 0.1) is 7.11 Å². The Bertz CT molecular complexity index is 983. The highest BCUT2D eigenvalue weighted by atomic mass is 32.2. The van der Waals surface area contributed by atoms with Gasteiger partial charge in [0.25, 0.3) is 11.8 Å². The van der Waals surface area contributed by atoms with Gasteiger partial charge in [-0.2, -0.15) is 0 Å². The first-order valence-corrected chi connectivity index (χ1v) is 12.3. The summed E-state index contributed by atoms with van der Waals surface area (Å²) in [6.45, 7) is -0.141. The van der Waals surface area contributed by atoms with E-state index in [2.05, 4.69) is 15.2 Å². The average Bonchev–Trinajstić information content (AvgIpc) is 3.21. The fourth-order valence-electron chi connectivity index (χ4n) is 5.97. The number of rotatable bonds is 8. The number of nitrogens with zero attached hydrogens (tertiary/aromatic N) is 1. The molecule has 3 N–H and O–H groups in total. The molecule has 1 amide bonds. The topological polar surface area (TPSA) is 117 Å². The molecule has 176 valence electrons. The Labute approximate surface area is 196 Å². The maximum absolute atomic E-state index is 13.3. The van der Waals surface area contributed by atoms with Crippen LogP contribution in [0.4, 0.5) is 0 Å². The van der Waals surface area contributed by atoms with Crippen LogP contribution in [0.3, 0.4) is 0 Å². The smallest absolute Gasteiger partial charge is 0.326 e. The van der Waals surface area contributed by atoms with E-state index in [0.717, 1.165) is 16.7 Å². The maximum atomic E-state index is 13.3. The fraction of sp³-hybridized carbons (Fsp3) is 0.542. The van der Waals surface area contributed by atoms with Gasteiger partial charge < -0.3 is 25.0 Å². The lowest BCUT2D eigenvalue weighted by Gasteiger charge is -2.54. The van der Waals surface area contributed by atoms with E-state index < -0.39 is 12.0 Å². The third kappa shape index (κ3) is 4.61. The van der Waals surface area contributed by atoms with Crippen LogP contribution in [0.1, 0.15) is 42.7 Å². The highest BCUT2D eigenvalue weighted by Gasteiger charge is 2.49. The molecule has 1 heterocycles. The number of esters is 1. The van der Waals surface area contributed by atoms with E-state index in [9.17, 15) is 9.59 Å². The molecule has 0 spiro atoms. The van der Waals surface area contributed by atoms with Gasteiger partial charge in [0.15, 0.2) is 0 Å². The minimum atomic E-state index is -0.966. The molecule has 33 heavy (non-hydrogen) atoms. The van der Waals surface area contributed by atoms with Crippen LogP contribution in [0.25, 0.3) is 0 Å². The van der Waals surface area contributed by atoms with Crippen LogP contribution in [0.5, 0.6) is 5.88 Å². The molecule has 6 rings (SSSR count). The Hall–Kier alpha value is -2.52. The first-order chi connectivity index (χ1) is 16.0. The second-order valence-electron chi connectivity index (χ2n) is 9.43. The molecular formula is C24H29N3O5S. The van der Waals surface area contributed by atoms with E-state index in [1.807, 2.05) is 30.3 Å². The first-order valence-electron chi connectivity index (χ1n) is 11.5. The Balaban J connectivity index is 1.35. The normalized spacial score (nSPS) is 28.4. The van der Waals surface area contributed by atoms with Crippen LogP contribution in [-0.2, 0) is 9.53 Å². The van der Waals surface area contributed by atoms with Gasteiger partial charge in [0.1, 0.15) is 17.5 Å². The molecule has 1 aromatic carbocycles. The van der Waals surface area contributed by atoms with Gasteiger partial charge in [-0.3, -0.25) is 9.59 Å². The van der Waals surface area contributed by atoms with Crippen molar-refractivity contribution in [3.63, 3.8) is 0 Å². The number of aromatic nitrogens is 1. The van der Waals surface area contributed by atoms with Crippen LogP contribution in [0.15, 0.2) is 44.6 Å². The quantitative estimate of drug-likeness (QED) is 0.564. The molecule has 9 heteroatoms. The number of carbonyl (C=O) groups excluding carboxylic acids is 2. The van der Waals surface area contributed by atoms with Crippen LogP contribution < -0.4 is 15.8 Å². The SMILES string of the molecule is COC(=O)[C@H](N)COc1noc(C(=O)NC2C3CC4CC(C3)CC2C4)c1Sc1ccccc1. The Morgan fingerprint density at radius 3 is 2.45 bits per heavy atom. The summed E-state index contributed by atoms with van der Waals surface area (Å²) in [5.41, 5.74) is 5.79. The van der Waals surface area contributed by atoms with Gasteiger partial charge in [-0.05, 0) is 73.1 Å². The summed E-state index contributed by atoms with van der Waals surface area (Å²) >= 11 is 1.33. The van der Waals surface area contributed by atoms with E-state index in [4.69, 9.17) is 15.0 Å². The summed E-state index contributed by atoms with van der Waals surface area (Å²) in [7, 11) is 1.27. The predicted octanol–water partition coefficient (Wildman–Crippen LogP) is 3.26. The molecule has 4 bridgehead atoms. The van der Waals surface area contributed by atoms with Crippen molar-refractivity contribution in [3.05, 3.63) is 36.1 Å². The Kier molecular flexibility index (Phi) is 6.34. The third-order valence-electron chi connectivity index (χ3n) is 7.22. The van der Waals surface area contributed by atoms with Crippen molar-refractivity contribution in [1.29, 1.82) is 0 Å². The van der Waals surface area contributed by atoms with Gasteiger partial charge in [-0.15, -0.1) is 0 Å². The zero-order valence-corrected chi connectivity index (χ0v) is 19.4. The fourth-order valence-corrected chi connectivity index (χ4v) is 6.90. The predicted molar refractivity (Wildman–Crippen MR) is 121 cm³/mol. The second-order valence-corrected chi connectivity index (χ2v) is 10.5. The highest BCUT2D eigenvalue weighted by Crippen LogP contribution is 2.53. The number of amides is 1. The number of methoxy groups -OCH3 is 1. The molecule has 0 saturated heterocycles. The average molecular weight is 472 g/mol. The number of hydrogen-bond donors (Lipinski definition) is 2. The third-order valence-corrected chi connectivity index (χ3v) is 8.29. The first kappa shape index (κ1) is 22.3. The highest BCUT2D eigenvalue weighted by molar-refractivity contribution is 7.99. The van der Waals surface area contributed by atoms with Crippen molar-refractivity contribution in [1.82, 2.24) is 10.5 Å². The number of benzene rings is 1. The van der Waals surface area contributed by atoms with Crippen LogP contribution in [-0.4, -0.2) is 42.8 Å². The zero-order valence-electron chi connectivity index (χ0n) is 18.6. The second kappa shape index (κ2) is 9.38. The van der Waals surface area contributed by atoms with Crippen molar-refractivity contribution in [2.45, 2.75) is 54.0 Å². The summed E-state index contributed by atoms with van der Waals surface area (Å²) in [4.78, 5) is 26.3. The largest absolute Gasteiger partial charge is 0.472 e. The minimum absolute atomic E-state index is 0.124. The van der Waals surface area contributed by atoms with Gasteiger partial charge in [0.2, 0.25) is 5.76 Å². The van der Waals surface area contributed by atoms with Crippen molar-refractivity contribution in [2.24, 2.45) is 29.4 Å². The summed E-state index contributed by atoms with van der Waals surface area (Å²) in [5.74, 6) is 2.15. The maximum Gasteiger partial charge on any atom is 0.326 e. The summed E-state index contributed by atoms with van der Waals surface area (Å²) < 4.78 is 15.8. The van der Waals surface area contributed by atoms with E-state index >= 15 is 0 Å². The van der Waals surface area contributed by atoms with E-state index in [0.29, 0.717) is 16.7 Å². The van der Waals surface area contributed by atoms with Crippen LogP contribution >= 0.6 is 11.8 Å². The van der Waals surface area contributed by atoms with Gasteiger partial charge >= 0.3 is 5.97 Å². The number of ether oxygens (including phenoxy) is 2. The molecule has 0 unspecified atom stereocenters. The summed E-state index contributed by atoms with van der Waals surface area (Å²) in [6.07, 6.45) is 6.20. The molecule has 4 aliphatic carbocycles. The standard InChI is InChI=1S/C24H29N3O5S/c1-30-24(29)18(25)12-31-23-21(33-17-5-3-2-4-6-17)20(32-27-23)22(28)26-19-15-8-13-7-14(10-15)11-16(19)9-13/h2-6,13-16,18-19H,7-12,25H2,1H3,(H,26,28)/t13?,14?,15?,16?,18-,19?/m1/s1. The molecule has 0 aliphatic heterocycles. The van der Waals surface area contributed by atoms with E-state index in [1.165, 1.54) is 51.0 Å². The Morgan fingerprint density at radius 2 is 1.82 bits per heavy atom. The van der Waals surface area contributed by atoms with Crippen LogP contribution in [0.2, 0.25) is 0 Å². The van der Waals surface area contributed by atoms with Crippen molar-refractivity contribution in [3.8, 4) is 5.88 Å². The van der Waals surface area contributed by atoms with Crippen LogP contribution in [0, 0.1) is 23.7 Å². The molecular weight excluding hydrogens is 442 g/mol. The summed E-state index contributed by atoms with van der Waals surface area (Å²) in [5, 5.41) is 7.26. The lowest BCUT2D eigenvalue weighted by Crippen LogP contribution is -2.55. The molecule has 4 saturated carbocycles. The number of nitrogens with one attached hydrogen (secondary N) is 1. The molecule has 4 fully saturated rings. The summed E-state index contributed by atoms with van der Waals surface area (Å²) in [6, 6.07) is 8.83. The van der Waals surface area contributed by atoms with Crippen molar-refractivity contribution < 1.29 is 23.6 Å². The number of hydrogen-bond acceptors (Lipinski definition) is 8. The molecule has 0 radical (unpaired) electrons. The lowest BCUT2D eigenvalue weighted by molar-refractivity contribution is -0.142. The van der Waals surface area contributed by atoms with Gasteiger partial charge in [-0.25, -0.2) is 0 Å². The van der Waals surface area contributed by atoms with E-state index in [-0.39, 0.29) is 30.2 Å². The lowest BCUT2D eigenvalue weighted by atomic mass is 9.54. The Morgan fingerprint density at radius 1 is 1.15 bits per heavy atom. The van der Waals surface area contributed by atoms with E-state index in [1.54, 1.807) is 0 Å². The molecule has 4 aliphatic rings. The minimum Gasteiger partial charge on any atom is -0.472 e. The molecule has 8 nitrogen and oxygen atoms in total. The molecule has 1 aromatic heterocycles. The monoisotopic (exact) mass is 471 g/mol. The molecule has 2 aromatic rings. The molecule has 1 atom stereocenters. The van der Waals surface area contributed by atoms with Crippen molar-refractivity contribution in [2.75, 3.05) is 13.7 Å². The van der Waals surface area contributed by atoms with Crippen molar-refractivity contribution >= 4 is 23.6 Å².